The van der Waals surface area contributed by atoms with Gasteiger partial charge in [-0.05, 0) is 42.7 Å². The highest BCUT2D eigenvalue weighted by Gasteiger charge is 2.31. The first-order valence-corrected chi connectivity index (χ1v) is 10.5. The number of non-ortho nitro benzene ring substituents is 1. The number of nitrogens with one attached hydrogen (secondary N) is 1. The van der Waals surface area contributed by atoms with Crippen LogP contribution in [0.3, 0.4) is 0 Å². The van der Waals surface area contributed by atoms with Gasteiger partial charge < -0.3 is 5.32 Å². The molecule has 0 atom stereocenters. The Morgan fingerprint density at radius 1 is 0.968 bits per heavy atom. The maximum atomic E-state index is 13.2. The Morgan fingerprint density at radius 2 is 1.58 bits per heavy atom. The van der Waals surface area contributed by atoms with Crippen LogP contribution in [0.2, 0.25) is 0 Å². The Balaban J connectivity index is 2.10. The molecule has 5 nitrogen and oxygen atoms in total. The molecule has 1 N–H and O–H groups in total. The number of nitrogens with zero attached hydrogens (tertiary/aromatic N) is 1. The number of nitro groups is 1. The van der Waals surface area contributed by atoms with Crippen LogP contribution in [-0.4, -0.2) is 10.8 Å². The summed E-state index contributed by atoms with van der Waals surface area (Å²) in [4.78, 5) is 22.7. The van der Waals surface area contributed by atoms with Crippen LogP contribution in [0, 0.1) is 10.1 Å². The maximum Gasteiger partial charge on any atom is 0.416 e. The second kappa shape index (κ2) is 11.5. The Kier molecular flexibility index (Phi) is 9.03. The number of nitro benzene ring substituents is 1. The third-order valence-corrected chi connectivity index (χ3v) is 5.08. The Labute approximate surface area is 179 Å². The van der Waals surface area contributed by atoms with E-state index in [0.29, 0.717) is 12.0 Å². The Bertz CT molecular complexity index is 881. The number of aryl methyl sites for hydroxylation is 1. The fourth-order valence-corrected chi connectivity index (χ4v) is 3.29. The van der Waals surface area contributed by atoms with Crippen molar-refractivity contribution in [2.24, 2.45) is 0 Å². The zero-order valence-electron chi connectivity index (χ0n) is 17.5. The van der Waals surface area contributed by atoms with Gasteiger partial charge in [0.25, 0.3) is 11.6 Å². The second-order valence-corrected chi connectivity index (χ2v) is 7.50. The average Bonchev–Trinajstić information content (AvgIpc) is 2.73. The van der Waals surface area contributed by atoms with Gasteiger partial charge in [-0.3, -0.25) is 14.9 Å². The topological polar surface area (TPSA) is 72.2 Å². The number of halogens is 3. The predicted octanol–water partition coefficient (Wildman–Crippen LogP) is 7.16. The number of hydrogen-bond donors (Lipinski definition) is 1. The van der Waals surface area contributed by atoms with Gasteiger partial charge in [-0.1, -0.05) is 51.5 Å². The van der Waals surface area contributed by atoms with Crippen LogP contribution in [-0.2, 0) is 12.6 Å². The Hall–Kier alpha value is -2.90. The van der Waals surface area contributed by atoms with E-state index < -0.39 is 22.6 Å². The molecule has 8 heteroatoms. The minimum atomic E-state index is -4.52. The van der Waals surface area contributed by atoms with E-state index in [2.05, 4.69) is 12.2 Å². The summed E-state index contributed by atoms with van der Waals surface area (Å²) in [6.45, 7) is 2.15. The van der Waals surface area contributed by atoms with Gasteiger partial charge in [0.05, 0.1) is 10.5 Å². The summed E-state index contributed by atoms with van der Waals surface area (Å²) in [6, 6.07) is 8.29. The first kappa shape index (κ1) is 24.4. The second-order valence-electron chi connectivity index (χ2n) is 7.50. The fraction of sp³-hybridized carbons (Fsp3) is 0.435. The van der Waals surface area contributed by atoms with E-state index in [4.69, 9.17) is 0 Å². The van der Waals surface area contributed by atoms with Gasteiger partial charge in [-0.2, -0.15) is 13.2 Å². The van der Waals surface area contributed by atoms with Crippen molar-refractivity contribution in [3.05, 3.63) is 69.3 Å². The molecule has 31 heavy (non-hydrogen) atoms. The summed E-state index contributed by atoms with van der Waals surface area (Å²) in [5.74, 6) is -0.616. The number of alkyl halides is 3. The van der Waals surface area contributed by atoms with E-state index in [-0.39, 0.29) is 16.9 Å². The van der Waals surface area contributed by atoms with E-state index in [9.17, 15) is 28.1 Å². The first-order valence-electron chi connectivity index (χ1n) is 10.5. The summed E-state index contributed by atoms with van der Waals surface area (Å²) in [6.07, 6.45) is 3.61. The molecule has 0 bridgehead atoms. The van der Waals surface area contributed by atoms with E-state index in [1.165, 1.54) is 49.6 Å². The highest BCUT2D eigenvalue weighted by molar-refractivity contribution is 6.04. The third-order valence-electron chi connectivity index (χ3n) is 5.08. The molecule has 2 rings (SSSR count). The lowest BCUT2D eigenvalue weighted by molar-refractivity contribution is -0.384. The summed E-state index contributed by atoms with van der Waals surface area (Å²) in [5.41, 5.74) is -0.129. The maximum absolute atomic E-state index is 13.2. The van der Waals surface area contributed by atoms with Crippen molar-refractivity contribution >= 4 is 17.3 Å². The third kappa shape index (κ3) is 7.70. The molecule has 1 amide bonds. The van der Waals surface area contributed by atoms with Gasteiger partial charge in [0.1, 0.15) is 0 Å². The zero-order valence-corrected chi connectivity index (χ0v) is 17.5. The summed E-state index contributed by atoms with van der Waals surface area (Å²) in [5, 5.41) is 13.3. The smallest absolute Gasteiger partial charge is 0.322 e. The lowest BCUT2D eigenvalue weighted by atomic mass is 10.0. The van der Waals surface area contributed by atoms with Gasteiger partial charge in [-0.25, -0.2) is 0 Å². The van der Waals surface area contributed by atoms with Gasteiger partial charge in [-0.15, -0.1) is 0 Å². The van der Waals surface area contributed by atoms with Crippen molar-refractivity contribution in [3.8, 4) is 0 Å². The zero-order chi connectivity index (χ0) is 22.9. The molecular formula is C23H27F3N2O3. The molecule has 0 unspecified atom stereocenters. The highest BCUT2D eigenvalue weighted by atomic mass is 19.4. The largest absolute Gasteiger partial charge is 0.416 e. The molecule has 0 saturated heterocycles. The number of benzene rings is 2. The first-order chi connectivity index (χ1) is 14.7. The highest BCUT2D eigenvalue weighted by Crippen LogP contribution is 2.33. The minimum absolute atomic E-state index is 0.115. The SMILES string of the molecule is CCCCCCCCCc1ccc(C(F)(F)F)cc1NC(=O)c1ccc([N+](=O)[O-])cc1. The van der Waals surface area contributed by atoms with Crippen LogP contribution < -0.4 is 5.32 Å². The quantitative estimate of drug-likeness (QED) is 0.231. The van der Waals surface area contributed by atoms with Crippen LogP contribution in [0.25, 0.3) is 0 Å². The Morgan fingerprint density at radius 3 is 2.16 bits per heavy atom. The van der Waals surface area contributed by atoms with Gasteiger partial charge >= 0.3 is 6.18 Å². The number of carbonyl (C=O) groups excluding carboxylic acids is 1. The van der Waals surface area contributed by atoms with Crippen LogP contribution in [0.4, 0.5) is 24.5 Å². The average molecular weight is 436 g/mol. The number of unbranched alkanes of at least 4 members (excludes halogenated alkanes) is 6. The minimum Gasteiger partial charge on any atom is -0.322 e. The number of rotatable bonds is 11. The van der Waals surface area contributed by atoms with Crippen molar-refractivity contribution in [3.63, 3.8) is 0 Å². The van der Waals surface area contributed by atoms with Gasteiger partial charge in [0, 0.05) is 23.4 Å². The molecule has 0 fully saturated rings. The van der Waals surface area contributed by atoms with E-state index in [0.717, 1.165) is 37.8 Å². The molecule has 0 saturated carbocycles. The van der Waals surface area contributed by atoms with Crippen molar-refractivity contribution in [2.75, 3.05) is 5.32 Å². The fourth-order valence-electron chi connectivity index (χ4n) is 3.29. The molecule has 0 spiro atoms. The monoisotopic (exact) mass is 436 g/mol. The van der Waals surface area contributed by atoms with Crippen LogP contribution >= 0.6 is 0 Å². The summed E-state index contributed by atoms with van der Waals surface area (Å²) in [7, 11) is 0. The molecular weight excluding hydrogens is 409 g/mol. The molecule has 0 heterocycles. The van der Waals surface area contributed by atoms with Crippen molar-refractivity contribution in [1.82, 2.24) is 0 Å². The van der Waals surface area contributed by atoms with Crippen LogP contribution in [0.5, 0.6) is 0 Å². The normalized spacial score (nSPS) is 11.4. The molecule has 0 aliphatic heterocycles. The van der Waals surface area contributed by atoms with E-state index >= 15 is 0 Å². The van der Waals surface area contributed by atoms with Crippen molar-refractivity contribution < 1.29 is 22.9 Å². The summed E-state index contributed by atoms with van der Waals surface area (Å²) < 4.78 is 39.5. The number of amides is 1. The van der Waals surface area contributed by atoms with Crippen molar-refractivity contribution in [1.29, 1.82) is 0 Å². The molecule has 2 aromatic carbocycles. The standard InChI is InChI=1S/C23H27F3N2O3/c1-2-3-4-5-6-7-8-9-17-10-13-19(23(24,25)26)16-21(17)27-22(29)18-11-14-20(15-12-18)28(30)31/h10-16H,2-9H2,1H3,(H,27,29). The molecule has 2 aromatic rings. The van der Waals surface area contributed by atoms with Crippen LogP contribution in [0.1, 0.15) is 73.4 Å². The summed E-state index contributed by atoms with van der Waals surface area (Å²) >= 11 is 0. The van der Waals surface area contributed by atoms with Crippen molar-refractivity contribution in [2.45, 2.75) is 64.5 Å². The molecule has 0 aliphatic rings. The predicted molar refractivity (Wildman–Crippen MR) is 114 cm³/mol. The number of carbonyl (C=O) groups is 1. The lowest BCUT2D eigenvalue weighted by Gasteiger charge is -2.15. The van der Waals surface area contributed by atoms with Gasteiger partial charge in [0.15, 0.2) is 0 Å². The van der Waals surface area contributed by atoms with Gasteiger partial charge in [0.2, 0.25) is 0 Å². The van der Waals surface area contributed by atoms with Crippen LogP contribution in [0.15, 0.2) is 42.5 Å². The number of anilines is 1. The molecule has 0 aromatic heterocycles. The number of hydrogen-bond acceptors (Lipinski definition) is 3. The van der Waals surface area contributed by atoms with E-state index in [1.54, 1.807) is 0 Å². The lowest BCUT2D eigenvalue weighted by Crippen LogP contribution is -2.15. The van der Waals surface area contributed by atoms with E-state index in [1.807, 2.05) is 0 Å². The molecule has 168 valence electrons. The molecule has 0 radical (unpaired) electrons. The molecule has 0 aliphatic carbocycles.